The smallest absolute Gasteiger partial charge is 0.317 e. The summed E-state index contributed by atoms with van der Waals surface area (Å²) in [5.74, 6) is 0. The summed E-state index contributed by atoms with van der Waals surface area (Å²) in [7, 11) is 0. The third kappa shape index (κ3) is 4.43. The summed E-state index contributed by atoms with van der Waals surface area (Å²) >= 11 is 1.69. The minimum atomic E-state index is 0.0390. The van der Waals surface area contributed by atoms with E-state index in [1.54, 1.807) is 11.3 Å². The number of urea groups is 1. The van der Waals surface area contributed by atoms with Gasteiger partial charge in [0.1, 0.15) is 0 Å². The van der Waals surface area contributed by atoms with Gasteiger partial charge in [0.05, 0.1) is 22.8 Å². The molecule has 0 spiro atoms. The van der Waals surface area contributed by atoms with Crippen molar-refractivity contribution in [2.24, 2.45) is 0 Å². The number of rotatable bonds is 4. The molecule has 3 rings (SSSR count). The van der Waals surface area contributed by atoms with Gasteiger partial charge >= 0.3 is 6.03 Å². The van der Waals surface area contributed by atoms with Crippen LogP contribution in [0.3, 0.4) is 0 Å². The van der Waals surface area contributed by atoms with E-state index in [0.717, 1.165) is 62.9 Å². The molecule has 23 heavy (non-hydrogen) atoms. The Bertz CT molecular complexity index is 522. The van der Waals surface area contributed by atoms with Gasteiger partial charge in [-0.3, -0.25) is 4.90 Å². The van der Waals surface area contributed by atoms with Crippen molar-refractivity contribution in [1.29, 1.82) is 0 Å². The Morgan fingerprint density at radius 2 is 2.26 bits per heavy atom. The maximum atomic E-state index is 12.4. The molecule has 0 saturated carbocycles. The van der Waals surface area contributed by atoms with Crippen molar-refractivity contribution in [2.45, 2.75) is 45.4 Å². The van der Waals surface area contributed by atoms with Crippen LogP contribution in [0, 0.1) is 6.92 Å². The molecule has 6 nitrogen and oxygen atoms in total. The number of hydrogen-bond acceptors (Lipinski definition) is 5. The summed E-state index contributed by atoms with van der Waals surface area (Å²) in [6.45, 7) is 9.11. The highest BCUT2D eigenvalue weighted by Gasteiger charge is 2.27. The molecule has 0 aromatic carbocycles. The Balaban J connectivity index is 1.41. The number of carbonyl (C=O) groups is 1. The highest BCUT2D eigenvalue weighted by atomic mass is 32.1. The molecule has 2 amide bonds. The SMILES string of the molecule is Cc1nc(CN2CCN(C(=O)N[C@H](C)[C@H]3CCCO3)CC2)cs1. The number of ether oxygens (including phenoxy) is 1. The summed E-state index contributed by atoms with van der Waals surface area (Å²) in [6, 6.07) is 0.123. The third-order valence-electron chi connectivity index (χ3n) is 4.59. The Morgan fingerprint density at radius 1 is 1.48 bits per heavy atom. The number of carbonyl (C=O) groups excluding carboxylic acids is 1. The number of nitrogens with one attached hydrogen (secondary N) is 1. The molecule has 0 aliphatic carbocycles. The molecule has 0 radical (unpaired) electrons. The lowest BCUT2D eigenvalue weighted by Gasteiger charge is -2.35. The topological polar surface area (TPSA) is 57.7 Å². The number of aromatic nitrogens is 1. The molecule has 7 heteroatoms. The van der Waals surface area contributed by atoms with Crippen LogP contribution in [0.25, 0.3) is 0 Å². The lowest BCUT2D eigenvalue weighted by Crippen LogP contribution is -2.54. The first-order valence-electron chi connectivity index (χ1n) is 8.42. The van der Waals surface area contributed by atoms with Gasteiger partial charge in [0, 0.05) is 44.7 Å². The van der Waals surface area contributed by atoms with Crippen molar-refractivity contribution < 1.29 is 9.53 Å². The fourth-order valence-corrected chi connectivity index (χ4v) is 3.80. The van der Waals surface area contributed by atoms with Crippen LogP contribution in [0.15, 0.2) is 5.38 Å². The Kier molecular flexibility index (Phi) is 5.50. The van der Waals surface area contributed by atoms with Crippen LogP contribution in [0.1, 0.15) is 30.5 Å². The van der Waals surface area contributed by atoms with Crippen molar-refractivity contribution in [3.63, 3.8) is 0 Å². The molecule has 2 atom stereocenters. The highest BCUT2D eigenvalue weighted by molar-refractivity contribution is 7.09. The molecule has 1 N–H and O–H groups in total. The largest absolute Gasteiger partial charge is 0.376 e. The number of amides is 2. The van der Waals surface area contributed by atoms with Gasteiger partial charge < -0.3 is 15.0 Å². The predicted octanol–water partition coefficient (Wildman–Crippen LogP) is 1.85. The Morgan fingerprint density at radius 3 is 2.87 bits per heavy atom. The average molecular weight is 338 g/mol. The van der Waals surface area contributed by atoms with Gasteiger partial charge in [-0.1, -0.05) is 0 Å². The summed E-state index contributed by atoms with van der Waals surface area (Å²) in [5, 5.41) is 6.33. The lowest BCUT2D eigenvalue weighted by atomic mass is 10.1. The quantitative estimate of drug-likeness (QED) is 0.910. The lowest BCUT2D eigenvalue weighted by molar-refractivity contribution is 0.0800. The van der Waals surface area contributed by atoms with Crippen LogP contribution >= 0.6 is 11.3 Å². The highest BCUT2D eigenvalue weighted by Crippen LogP contribution is 2.16. The molecule has 2 aliphatic heterocycles. The number of aryl methyl sites for hydroxylation is 1. The molecule has 0 bridgehead atoms. The normalized spacial score (nSPS) is 23.9. The van der Waals surface area contributed by atoms with Gasteiger partial charge in [0.15, 0.2) is 0 Å². The number of hydrogen-bond donors (Lipinski definition) is 1. The summed E-state index contributed by atoms with van der Waals surface area (Å²) in [6.07, 6.45) is 2.32. The zero-order valence-electron chi connectivity index (χ0n) is 14.0. The first kappa shape index (κ1) is 16.7. The van der Waals surface area contributed by atoms with Crippen molar-refractivity contribution in [1.82, 2.24) is 20.1 Å². The summed E-state index contributed by atoms with van der Waals surface area (Å²) in [5.41, 5.74) is 1.14. The molecule has 128 valence electrons. The Labute approximate surface area is 141 Å². The number of piperazine rings is 1. The van der Waals surface area contributed by atoms with Crippen molar-refractivity contribution in [3.05, 3.63) is 16.1 Å². The molecule has 0 unspecified atom stereocenters. The van der Waals surface area contributed by atoms with Crippen molar-refractivity contribution >= 4 is 17.4 Å². The minimum Gasteiger partial charge on any atom is -0.376 e. The van der Waals surface area contributed by atoms with Crippen LogP contribution in [-0.4, -0.2) is 65.7 Å². The minimum absolute atomic E-state index is 0.0390. The van der Waals surface area contributed by atoms with E-state index in [1.165, 1.54) is 0 Å². The van der Waals surface area contributed by atoms with E-state index >= 15 is 0 Å². The molecule has 2 fully saturated rings. The van der Waals surface area contributed by atoms with Gasteiger partial charge in [-0.15, -0.1) is 11.3 Å². The van der Waals surface area contributed by atoms with Crippen LogP contribution in [0.5, 0.6) is 0 Å². The maximum Gasteiger partial charge on any atom is 0.317 e. The van der Waals surface area contributed by atoms with Gasteiger partial charge in [0.2, 0.25) is 0 Å². The second-order valence-corrected chi connectivity index (χ2v) is 7.47. The van der Waals surface area contributed by atoms with Gasteiger partial charge in [0.25, 0.3) is 0 Å². The van der Waals surface area contributed by atoms with Crippen molar-refractivity contribution in [3.8, 4) is 0 Å². The van der Waals surface area contributed by atoms with E-state index in [4.69, 9.17) is 4.74 Å². The van der Waals surface area contributed by atoms with E-state index in [-0.39, 0.29) is 18.2 Å². The van der Waals surface area contributed by atoms with Crippen LogP contribution in [0.4, 0.5) is 4.79 Å². The zero-order valence-corrected chi connectivity index (χ0v) is 14.8. The van der Waals surface area contributed by atoms with E-state index in [9.17, 15) is 4.79 Å². The van der Waals surface area contributed by atoms with E-state index in [0.29, 0.717) is 0 Å². The fourth-order valence-electron chi connectivity index (χ4n) is 3.19. The van der Waals surface area contributed by atoms with Crippen LogP contribution in [-0.2, 0) is 11.3 Å². The van der Waals surface area contributed by atoms with Crippen LogP contribution < -0.4 is 5.32 Å². The summed E-state index contributed by atoms with van der Waals surface area (Å²) in [4.78, 5) is 21.1. The predicted molar refractivity (Wildman–Crippen MR) is 90.7 cm³/mol. The maximum absolute atomic E-state index is 12.4. The Hall–Kier alpha value is -1.18. The average Bonchev–Trinajstić information content (AvgIpc) is 3.20. The molecular weight excluding hydrogens is 312 g/mol. The number of nitrogens with zero attached hydrogens (tertiary/aromatic N) is 3. The van der Waals surface area contributed by atoms with Gasteiger partial charge in [-0.25, -0.2) is 9.78 Å². The molecule has 1 aromatic rings. The van der Waals surface area contributed by atoms with E-state index < -0.39 is 0 Å². The first-order valence-corrected chi connectivity index (χ1v) is 9.30. The fraction of sp³-hybridized carbons (Fsp3) is 0.750. The standard InChI is InChI=1S/C16H26N4O2S/c1-12(15-4-3-9-22-15)17-16(21)20-7-5-19(6-8-20)10-14-11-23-13(2)18-14/h11-12,15H,3-10H2,1-2H3,(H,17,21)/t12-,15-/m1/s1. The summed E-state index contributed by atoms with van der Waals surface area (Å²) < 4.78 is 5.64. The van der Waals surface area contributed by atoms with Gasteiger partial charge in [-0.05, 0) is 26.7 Å². The second kappa shape index (κ2) is 7.59. The third-order valence-corrected chi connectivity index (χ3v) is 5.41. The second-order valence-electron chi connectivity index (χ2n) is 6.41. The van der Waals surface area contributed by atoms with Gasteiger partial charge in [-0.2, -0.15) is 0 Å². The van der Waals surface area contributed by atoms with E-state index in [1.807, 2.05) is 18.7 Å². The molecular formula is C16H26N4O2S. The molecule has 2 saturated heterocycles. The molecule has 1 aromatic heterocycles. The zero-order chi connectivity index (χ0) is 16.2. The van der Waals surface area contributed by atoms with E-state index in [2.05, 4.69) is 20.6 Å². The van der Waals surface area contributed by atoms with Crippen LogP contribution in [0.2, 0.25) is 0 Å². The monoisotopic (exact) mass is 338 g/mol. The molecule has 3 heterocycles. The number of thiazole rings is 1. The van der Waals surface area contributed by atoms with Crippen molar-refractivity contribution in [2.75, 3.05) is 32.8 Å². The molecule has 2 aliphatic rings. The first-order chi connectivity index (χ1) is 11.1.